The van der Waals surface area contributed by atoms with Gasteiger partial charge < -0.3 is 15.5 Å². The first-order chi connectivity index (χ1) is 14.5. The van der Waals surface area contributed by atoms with Gasteiger partial charge in [0, 0.05) is 16.8 Å². The van der Waals surface area contributed by atoms with E-state index in [1.807, 2.05) is 0 Å². The molecule has 1 aromatic heterocycles. The molecule has 0 fully saturated rings. The Morgan fingerprint density at radius 3 is 2.27 bits per heavy atom. The second kappa shape index (κ2) is 8.00. The molecule has 4 rings (SSSR count). The second-order valence-corrected chi connectivity index (χ2v) is 6.45. The van der Waals surface area contributed by atoms with E-state index >= 15 is 0 Å². The van der Waals surface area contributed by atoms with Crippen LogP contribution in [0.15, 0.2) is 83.4 Å². The molecule has 0 aliphatic rings. The minimum Gasteiger partial charge on any atom is -0.436 e. The van der Waals surface area contributed by atoms with Crippen LogP contribution in [0.2, 0.25) is 0 Å². The smallest absolute Gasteiger partial charge is 0.256 e. The highest BCUT2D eigenvalue weighted by atomic mass is 19.1. The molecule has 3 aromatic carbocycles. The third kappa shape index (κ3) is 3.81. The topological polar surface area (TPSA) is 98.2 Å². The van der Waals surface area contributed by atoms with E-state index in [0.29, 0.717) is 22.4 Å². The average molecular weight is 401 g/mol. The summed E-state index contributed by atoms with van der Waals surface area (Å²) in [6.45, 7) is 0. The number of carbonyl (C=O) groups excluding carboxylic acids is 2. The molecule has 4 aromatic rings. The maximum Gasteiger partial charge on any atom is 0.256 e. The third-order valence-corrected chi connectivity index (χ3v) is 4.47. The van der Waals surface area contributed by atoms with Gasteiger partial charge in [-0.3, -0.25) is 9.59 Å². The van der Waals surface area contributed by atoms with Crippen molar-refractivity contribution >= 4 is 17.5 Å². The number of hydrogen-bond donors (Lipinski definition) is 2. The van der Waals surface area contributed by atoms with Crippen molar-refractivity contribution in [3.05, 3.63) is 95.9 Å². The van der Waals surface area contributed by atoms with Gasteiger partial charge in [-0.2, -0.15) is 0 Å². The SMILES string of the molecule is NC(=O)c1ccc(NC(=O)c2ccccc2-c2ncc(-c3ccccc3F)o2)cc1. The Kier molecular flexibility index (Phi) is 5.09. The van der Waals surface area contributed by atoms with Gasteiger partial charge in [0.25, 0.3) is 5.91 Å². The van der Waals surface area contributed by atoms with Crippen molar-refractivity contribution in [1.82, 2.24) is 4.98 Å². The molecule has 0 unspecified atom stereocenters. The van der Waals surface area contributed by atoms with E-state index in [4.69, 9.17) is 10.2 Å². The van der Waals surface area contributed by atoms with Gasteiger partial charge in [0.2, 0.25) is 11.8 Å². The zero-order valence-electron chi connectivity index (χ0n) is 15.6. The van der Waals surface area contributed by atoms with Crippen molar-refractivity contribution < 1.29 is 18.4 Å². The molecule has 0 radical (unpaired) electrons. The van der Waals surface area contributed by atoms with E-state index in [1.165, 1.54) is 24.4 Å². The number of carbonyl (C=O) groups is 2. The number of oxazole rings is 1. The molecule has 0 bridgehead atoms. The van der Waals surface area contributed by atoms with Gasteiger partial charge >= 0.3 is 0 Å². The molecule has 0 aliphatic heterocycles. The fourth-order valence-electron chi connectivity index (χ4n) is 2.97. The zero-order valence-corrected chi connectivity index (χ0v) is 15.6. The van der Waals surface area contributed by atoms with Gasteiger partial charge in [-0.15, -0.1) is 0 Å². The summed E-state index contributed by atoms with van der Waals surface area (Å²) in [7, 11) is 0. The van der Waals surface area contributed by atoms with Crippen LogP contribution in [0.5, 0.6) is 0 Å². The van der Waals surface area contributed by atoms with Gasteiger partial charge in [0.1, 0.15) is 5.82 Å². The molecule has 0 saturated carbocycles. The lowest BCUT2D eigenvalue weighted by atomic mass is 10.1. The van der Waals surface area contributed by atoms with Crippen LogP contribution in [-0.4, -0.2) is 16.8 Å². The molecule has 0 saturated heterocycles. The van der Waals surface area contributed by atoms with Crippen LogP contribution in [0.1, 0.15) is 20.7 Å². The maximum atomic E-state index is 14.0. The quantitative estimate of drug-likeness (QED) is 0.514. The Balaban J connectivity index is 1.62. The van der Waals surface area contributed by atoms with E-state index in [-0.39, 0.29) is 23.1 Å². The van der Waals surface area contributed by atoms with Crippen molar-refractivity contribution in [3.8, 4) is 22.8 Å². The normalized spacial score (nSPS) is 10.6. The van der Waals surface area contributed by atoms with E-state index in [2.05, 4.69) is 10.3 Å². The lowest BCUT2D eigenvalue weighted by Crippen LogP contribution is -2.14. The molecule has 30 heavy (non-hydrogen) atoms. The minimum atomic E-state index is -0.548. The first-order valence-electron chi connectivity index (χ1n) is 9.04. The van der Waals surface area contributed by atoms with Crippen molar-refractivity contribution in [2.75, 3.05) is 5.32 Å². The third-order valence-electron chi connectivity index (χ3n) is 4.47. The Bertz CT molecular complexity index is 1230. The van der Waals surface area contributed by atoms with Crippen LogP contribution in [0.25, 0.3) is 22.8 Å². The second-order valence-electron chi connectivity index (χ2n) is 6.45. The summed E-state index contributed by atoms with van der Waals surface area (Å²) in [6, 6.07) is 19.2. The summed E-state index contributed by atoms with van der Waals surface area (Å²) >= 11 is 0. The molecule has 2 amide bonds. The Labute approximate surface area is 171 Å². The van der Waals surface area contributed by atoms with Crippen molar-refractivity contribution in [2.45, 2.75) is 0 Å². The molecule has 6 nitrogen and oxygen atoms in total. The first-order valence-corrected chi connectivity index (χ1v) is 9.04. The summed E-state index contributed by atoms with van der Waals surface area (Å²) in [6.07, 6.45) is 1.42. The van der Waals surface area contributed by atoms with Crippen molar-refractivity contribution in [3.63, 3.8) is 0 Å². The van der Waals surface area contributed by atoms with Gasteiger partial charge in [0.15, 0.2) is 5.76 Å². The summed E-state index contributed by atoms with van der Waals surface area (Å²) in [5.74, 6) is -0.898. The number of hydrogen-bond acceptors (Lipinski definition) is 4. The maximum absolute atomic E-state index is 14.0. The molecule has 1 heterocycles. The van der Waals surface area contributed by atoms with Gasteiger partial charge in [-0.1, -0.05) is 24.3 Å². The van der Waals surface area contributed by atoms with E-state index in [0.717, 1.165) is 0 Å². The number of nitrogens with one attached hydrogen (secondary N) is 1. The highest BCUT2D eigenvalue weighted by molar-refractivity contribution is 6.08. The lowest BCUT2D eigenvalue weighted by Gasteiger charge is -2.08. The number of benzene rings is 3. The number of aromatic nitrogens is 1. The fourth-order valence-corrected chi connectivity index (χ4v) is 2.97. The standard InChI is InChI=1S/C23H16FN3O3/c24-19-8-4-3-7-18(19)20-13-26-23(30-20)17-6-2-1-5-16(17)22(29)27-15-11-9-14(10-12-15)21(25)28/h1-13H,(H2,25,28)(H,27,29). The van der Waals surface area contributed by atoms with Crippen LogP contribution < -0.4 is 11.1 Å². The lowest BCUT2D eigenvalue weighted by molar-refractivity contribution is 0.0998. The first kappa shape index (κ1) is 19.1. The fraction of sp³-hybridized carbons (Fsp3) is 0. The van der Waals surface area contributed by atoms with Crippen LogP contribution in [0.4, 0.5) is 10.1 Å². The Hall–Kier alpha value is -4.26. The Morgan fingerprint density at radius 2 is 1.57 bits per heavy atom. The molecule has 0 atom stereocenters. The number of nitrogens with two attached hydrogens (primary N) is 1. The van der Waals surface area contributed by atoms with Crippen molar-refractivity contribution in [1.29, 1.82) is 0 Å². The molecule has 0 spiro atoms. The van der Waals surface area contributed by atoms with Crippen LogP contribution in [0, 0.1) is 5.82 Å². The largest absolute Gasteiger partial charge is 0.436 e. The summed E-state index contributed by atoms with van der Waals surface area (Å²) in [5, 5.41) is 2.76. The van der Waals surface area contributed by atoms with E-state index < -0.39 is 11.7 Å². The average Bonchev–Trinajstić information content (AvgIpc) is 3.24. The van der Waals surface area contributed by atoms with Gasteiger partial charge in [-0.05, 0) is 48.5 Å². The number of rotatable bonds is 5. The molecule has 0 aliphatic carbocycles. The summed E-state index contributed by atoms with van der Waals surface area (Å²) in [5.41, 5.74) is 7.15. The number of nitrogens with zero attached hydrogens (tertiary/aromatic N) is 1. The van der Waals surface area contributed by atoms with Crippen molar-refractivity contribution in [2.24, 2.45) is 5.73 Å². The number of primary amides is 1. The monoisotopic (exact) mass is 401 g/mol. The van der Waals surface area contributed by atoms with Gasteiger partial charge in [-0.25, -0.2) is 9.37 Å². The van der Waals surface area contributed by atoms with Crippen LogP contribution in [-0.2, 0) is 0 Å². The molecule has 7 heteroatoms. The predicted octanol–water partition coefficient (Wildman–Crippen LogP) is 4.50. The highest BCUT2D eigenvalue weighted by Crippen LogP contribution is 2.29. The molecule has 3 N–H and O–H groups in total. The number of amides is 2. The zero-order chi connectivity index (χ0) is 21.1. The summed E-state index contributed by atoms with van der Waals surface area (Å²) in [4.78, 5) is 28.2. The molecular formula is C23H16FN3O3. The minimum absolute atomic E-state index is 0.197. The predicted molar refractivity (Wildman–Crippen MR) is 110 cm³/mol. The Morgan fingerprint density at radius 1 is 0.900 bits per heavy atom. The molecular weight excluding hydrogens is 385 g/mol. The van der Waals surface area contributed by atoms with Gasteiger partial charge in [0.05, 0.1) is 17.3 Å². The molecule has 148 valence electrons. The number of halogens is 1. The van der Waals surface area contributed by atoms with E-state index in [1.54, 1.807) is 54.6 Å². The number of anilines is 1. The van der Waals surface area contributed by atoms with Crippen LogP contribution >= 0.6 is 0 Å². The van der Waals surface area contributed by atoms with E-state index in [9.17, 15) is 14.0 Å². The highest BCUT2D eigenvalue weighted by Gasteiger charge is 2.18. The van der Waals surface area contributed by atoms with Crippen LogP contribution in [0.3, 0.4) is 0 Å². The summed E-state index contributed by atoms with van der Waals surface area (Å²) < 4.78 is 19.8.